The van der Waals surface area contributed by atoms with Gasteiger partial charge in [0.1, 0.15) is 12.1 Å². The second kappa shape index (κ2) is 12.7. The third-order valence-corrected chi connectivity index (χ3v) is 4.96. The van der Waals surface area contributed by atoms with Crippen LogP contribution in [-0.4, -0.2) is 64.7 Å². The van der Waals surface area contributed by atoms with Crippen molar-refractivity contribution in [1.82, 2.24) is 16.0 Å². The van der Waals surface area contributed by atoms with Crippen LogP contribution < -0.4 is 21.7 Å². The summed E-state index contributed by atoms with van der Waals surface area (Å²) in [5.41, 5.74) is 6.15. The molecule has 0 aliphatic carbocycles. The first-order valence-corrected chi connectivity index (χ1v) is 10.2. The Labute approximate surface area is 181 Å². The molecule has 1 aromatic carbocycles. The van der Waals surface area contributed by atoms with E-state index in [1.807, 2.05) is 13.0 Å². The number of carbonyl (C=O) groups is 4. The predicted molar refractivity (Wildman–Crippen MR) is 114 cm³/mol. The molecule has 0 bridgehead atoms. The van der Waals surface area contributed by atoms with E-state index < -0.39 is 47.9 Å². The molecule has 3 amide bonds. The lowest BCUT2D eigenvalue weighted by Crippen LogP contribution is -2.59. The van der Waals surface area contributed by atoms with Crippen molar-refractivity contribution in [1.29, 1.82) is 0 Å². The van der Waals surface area contributed by atoms with E-state index in [1.165, 1.54) is 6.92 Å². The van der Waals surface area contributed by atoms with Crippen molar-refractivity contribution < 1.29 is 29.4 Å². The molecule has 0 radical (unpaired) electrons. The van der Waals surface area contributed by atoms with Crippen molar-refractivity contribution in [2.45, 2.75) is 57.8 Å². The molecule has 7 N–H and O–H groups in total. The lowest BCUT2D eigenvalue weighted by atomic mass is 9.96. The lowest BCUT2D eigenvalue weighted by molar-refractivity contribution is -0.145. The fraction of sp³-hybridized carbons (Fsp3) is 0.524. The largest absolute Gasteiger partial charge is 0.480 e. The van der Waals surface area contributed by atoms with Crippen LogP contribution >= 0.6 is 0 Å². The van der Waals surface area contributed by atoms with Crippen LogP contribution in [0, 0.1) is 5.92 Å². The van der Waals surface area contributed by atoms with Crippen molar-refractivity contribution in [2.75, 3.05) is 6.54 Å². The molecular weight excluding hydrogens is 404 g/mol. The summed E-state index contributed by atoms with van der Waals surface area (Å²) in [7, 11) is 0. The molecular formula is C21H32N4O6. The van der Waals surface area contributed by atoms with E-state index in [1.54, 1.807) is 31.2 Å². The second-order valence-corrected chi connectivity index (χ2v) is 7.45. The summed E-state index contributed by atoms with van der Waals surface area (Å²) in [6.45, 7) is 4.49. The molecule has 0 aromatic heterocycles. The number of amides is 3. The molecule has 5 unspecified atom stereocenters. The third kappa shape index (κ3) is 8.35. The maximum Gasteiger partial charge on any atom is 0.328 e. The predicted octanol–water partition coefficient (Wildman–Crippen LogP) is -0.846. The Bertz CT molecular complexity index is 755. The topological polar surface area (TPSA) is 171 Å². The Hall–Kier alpha value is -2.98. The van der Waals surface area contributed by atoms with E-state index in [2.05, 4.69) is 16.0 Å². The van der Waals surface area contributed by atoms with E-state index in [0.717, 1.165) is 5.56 Å². The maximum absolute atomic E-state index is 13.0. The molecule has 172 valence electrons. The van der Waals surface area contributed by atoms with Crippen LogP contribution in [0.5, 0.6) is 0 Å². The Morgan fingerprint density at radius 3 is 2.03 bits per heavy atom. The molecule has 31 heavy (non-hydrogen) atoms. The van der Waals surface area contributed by atoms with E-state index >= 15 is 0 Å². The average molecular weight is 437 g/mol. The summed E-state index contributed by atoms with van der Waals surface area (Å²) in [5, 5.41) is 26.3. The maximum atomic E-state index is 13.0. The minimum Gasteiger partial charge on any atom is -0.480 e. The monoisotopic (exact) mass is 436 g/mol. The number of rotatable bonds is 12. The average Bonchev–Trinajstić information content (AvgIpc) is 2.74. The summed E-state index contributed by atoms with van der Waals surface area (Å²) >= 11 is 0. The number of carboxylic acids is 1. The first-order valence-electron chi connectivity index (χ1n) is 10.2. The number of aliphatic hydroxyl groups excluding tert-OH is 1. The van der Waals surface area contributed by atoms with E-state index in [-0.39, 0.29) is 18.9 Å². The quantitative estimate of drug-likeness (QED) is 0.248. The highest BCUT2D eigenvalue weighted by Gasteiger charge is 2.33. The van der Waals surface area contributed by atoms with Gasteiger partial charge in [0.15, 0.2) is 6.04 Å². The van der Waals surface area contributed by atoms with Gasteiger partial charge in [-0.05, 0) is 18.4 Å². The normalized spacial score (nSPS) is 15.6. The molecule has 10 nitrogen and oxygen atoms in total. The Kier molecular flexibility index (Phi) is 10.6. The molecule has 0 saturated carbocycles. The summed E-state index contributed by atoms with van der Waals surface area (Å²) in [5.74, 6) is -3.60. The van der Waals surface area contributed by atoms with Gasteiger partial charge in [-0.3, -0.25) is 14.4 Å². The van der Waals surface area contributed by atoms with Crippen LogP contribution in [0.15, 0.2) is 30.3 Å². The minimum atomic E-state index is -1.52. The standard InChI is InChI=1S/C21H32N4O6/c1-4-12(2)17(20(29)25-18(13(3)26)21(30)31)24-19(28)15(23-16(27)11-22)10-14-8-6-5-7-9-14/h5-9,12-13,15,17-18,26H,4,10-11,22H2,1-3H3,(H,23,27)(H,24,28)(H,25,29)(H,30,31). The van der Waals surface area contributed by atoms with Crippen molar-refractivity contribution >= 4 is 23.7 Å². The fourth-order valence-corrected chi connectivity index (χ4v) is 2.90. The van der Waals surface area contributed by atoms with Crippen LogP contribution in [0.1, 0.15) is 32.8 Å². The number of benzene rings is 1. The first-order chi connectivity index (χ1) is 14.6. The SMILES string of the molecule is CCC(C)C(NC(=O)C(Cc1ccccc1)NC(=O)CN)C(=O)NC(C(=O)O)C(C)O. The molecule has 1 aromatic rings. The number of carboxylic acid groups (broad SMARTS) is 1. The van der Waals surface area contributed by atoms with E-state index in [9.17, 15) is 29.4 Å². The first kappa shape index (κ1) is 26.1. The van der Waals surface area contributed by atoms with Crippen molar-refractivity contribution in [3.8, 4) is 0 Å². The molecule has 0 heterocycles. The zero-order chi connectivity index (χ0) is 23.6. The molecule has 0 spiro atoms. The molecule has 0 aliphatic rings. The molecule has 1 rings (SSSR count). The van der Waals surface area contributed by atoms with Gasteiger partial charge in [0.05, 0.1) is 12.6 Å². The molecule has 0 fully saturated rings. The number of hydrogen-bond acceptors (Lipinski definition) is 6. The summed E-state index contributed by atoms with van der Waals surface area (Å²) in [6.07, 6.45) is -0.633. The van der Waals surface area contributed by atoms with Crippen LogP contribution in [0.4, 0.5) is 0 Å². The second-order valence-electron chi connectivity index (χ2n) is 7.45. The highest BCUT2D eigenvalue weighted by Crippen LogP contribution is 2.11. The van der Waals surface area contributed by atoms with E-state index in [4.69, 9.17) is 5.73 Å². The van der Waals surface area contributed by atoms with Gasteiger partial charge in [-0.1, -0.05) is 50.6 Å². The Morgan fingerprint density at radius 2 is 1.55 bits per heavy atom. The zero-order valence-corrected chi connectivity index (χ0v) is 18.0. The third-order valence-electron chi connectivity index (χ3n) is 4.96. The van der Waals surface area contributed by atoms with Crippen molar-refractivity contribution in [3.05, 3.63) is 35.9 Å². The highest BCUT2D eigenvalue weighted by molar-refractivity contribution is 5.94. The summed E-state index contributed by atoms with van der Waals surface area (Å²) < 4.78 is 0. The number of carbonyl (C=O) groups excluding carboxylic acids is 3. The van der Waals surface area contributed by atoms with Crippen molar-refractivity contribution in [3.63, 3.8) is 0 Å². The Balaban J connectivity index is 3.05. The van der Waals surface area contributed by atoms with Crippen LogP contribution in [-0.2, 0) is 25.6 Å². The molecule has 10 heteroatoms. The Morgan fingerprint density at radius 1 is 0.968 bits per heavy atom. The van der Waals surface area contributed by atoms with Crippen molar-refractivity contribution in [2.24, 2.45) is 11.7 Å². The van der Waals surface area contributed by atoms with Gasteiger partial charge in [0.25, 0.3) is 0 Å². The zero-order valence-electron chi connectivity index (χ0n) is 18.0. The number of nitrogens with one attached hydrogen (secondary N) is 3. The highest BCUT2D eigenvalue weighted by atomic mass is 16.4. The van der Waals surface area contributed by atoms with Crippen LogP contribution in [0.3, 0.4) is 0 Å². The number of aliphatic carboxylic acids is 1. The van der Waals surface area contributed by atoms with E-state index in [0.29, 0.717) is 6.42 Å². The minimum absolute atomic E-state index is 0.179. The van der Waals surface area contributed by atoms with Gasteiger partial charge in [-0.15, -0.1) is 0 Å². The lowest BCUT2D eigenvalue weighted by Gasteiger charge is -2.28. The van der Waals surface area contributed by atoms with Crippen LogP contribution in [0.25, 0.3) is 0 Å². The summed E-state index contributed by atoms with van der Waals surface area (Å²) in [6, 6.07) is 5.45. The van der Waals surface area contributed by atoms with Gasteiger partial charge in [-0.25, -0.2) is 4.79 Å². The van der Waals surface area contributed by atoms with Gasteiger partial charge < -0.3 is 31.9 Å². The summed E-state index contributed by atoms with van der Waals surface area (Å²) in [4.78, 5) is 48.9. The molecule has 0 aliphatic heterocycles. The van der Waals surface area contributed by atoms with Gasteiger partial charge in [-0.2, -0.15) is 0 Å². The fourth-order valence-electron chi connectivity index (χ4n) is 2.90. The molecule has 0 saturated heterocycles. The number of aliphatic hydroxyl groups is 1. The van der Waals surface area contributed by atoms with Gasteiger partial charge >= 0.3 is 5.97 Å². The van der Waals surface area contributed by atoms with Crippen LogP contribution in [0.2, 0.25) is 0 Å². The number of hydrogen-bond donors (Lipinski definition) is 6. The van der Waals surface area contributed by atoms with Gasteiger partial charge in [0, 0.05) is 6.42 Å². The van der Waals surface area contributed by atoms with Gasteiger partial charge in [0.2, 0.25) is 17.7 Å². The number of nitrogens with two attached hydrogens (primary N) is 1. The molecule has 5 atom stereocenters. The smallest absolute Gasteiger partial charge is 0.328 e.